The van der Waals surface area contributed by atoms with Crippen molar-refractivity contribution in [2.75, 3.05) is 12.3 Å². The van der Waals surface area contributed by atoms with Gasteiger partial charge in [-0.25, -0.2) is 4.39 Å². The zero-order chi connectivity index (χ0) is 15.2. The second kappa shape index (κ2) is 6.74. The molecule has 2 rings (SSSR count). The van der Waals surface area contributed by atoms with Crippen molar-refractivity contribution in [3.63, 3.8) is 0 Å². The van der Waals surface area contributed by atoms with E-state index < -0.39 is 0 Å². The van der Waals surface area contributed by atoms with E-state index in [1.807, 2.05) is 6.92 Å². The lowest BCUT2D eigenvalue weighted by Gasteiger charge is -2.10. The van der Waals surface area contributed by atoms with Crippen LogP contribution in [0.4, 0.5) is 10.1 Å². The number of rotatable bonds is 5. The maximum atomic E-state index is 12.8. The third-order valence-corrected chi connectivity index (χ3v) is 2.92. The fraction of sp³-hybridized carbons (Fsp3) is 0.188. The van der Waals surface area contributed by atoms with Crippen LogP contribution in [-0.2, 0) is 6.61 Å². The van der Waals surface area contributed by atoms with Crippen LogP contribution in [0.5, 0.6) is 5.75 Å². The Morgan fingerprint density at radius 2 is 1.95 bits per heavy atom. The van der Waals surface area contributed by atoms with E-state index in [0.29, 0.717) is 23.5 Å². The number of anilines is 1. The van der Waals surface area contributed by atoms with Crippen LogP contribution >= 0.6 is 0 Å². The molecule has 0 atom stereocenters. The molecule has 0 saturated heterocycles. The number of amides is 1. The number of halogens is 1. The highest BCUT2D eigenvalue weighted by Crippen LogP contribution is 2.23. The number of nitrogens with one attached hydrogen (secondary N) is 1. The fourth-order valence-corrected chi connectivity index (χ4v) is 1.83. The van der Waals surface area contributed by atoms with E-state index in [-0.39, 0.29) is 18.3 Å². The Labute approximate surface area is 122 Å². The largest absolute Gasteiger partial charge is 0.487 e. The molecule has 0 radical (unpaired) electrons. The van der Waals surface area contributed by atoms with Crippen LogP contribution in [-0.4, -0.2) is 12.5 Å². The summed E-state index contributed by atoms with van der Waals surface area (Å²) in [4.78, 5) is 11.7. The van der Waals surface area contributed by atoms with E-state index >= 15 is 0 Å². The zero-order valence-electron chi connectivity index (χ0n) is 11.7. The summed E-state index contributed by atoms with van der Waals surface area (Å²) in [5.41, 5.74) is 7.59. The first-order chi connectivity index (χ1) is 10.1. The molecule has 0 aromatic heterocycles. The molecule has 0 spiro atoms. The van der Waals surface area contributed by atoms with Crippen LogP contribution < -0.4 is 15.8 Å². The second-order valence-corrected chi connectivity index (χ2v) is 4.53. The number of nitrogens with two attached hydrogens (primary N) is 1. The molecule has 0 bridgehead atoms. The topological polar surface area (TPSA) is 64.3 Å². The normalized spacial score (nSPS) is 10.2. The maximum absolute atomic E-state index is 12.8. The first kappa shape index (κ1) is 14.8. The molecule has 4 nitrogen and oxygen atoms in total. The van der Waals surface area contributed by atoms with Crippen LogP contribution in [0.25, 0.3) is 0 Å². The van der Waals surface area contributed by atoms with Gasteiger partial charge in [0.15, 0.2) is 0 Å². The van der Waals surface area contributed by atoms with E-state index in [4.69, 9.17) is 10.5 Å². The lowest BCUT2D eigenvalue weighted by Crippen LogP contribution is -2.22. The molecule has 0 saturated carbocycles. The Hall–Kier alpha value is -2.56. The van der Waals surface area contributed by atoms with Crippen LogP contribution in [0.3, 0.4) is 0 Å². The van der Waals surface area contributed by atoms with E-state index in [9.17, 15) is 9.18 Å². The quantitative estimate of drug-likeness (QED) is 0.831. The number of nitrogen functional groups attached to an aromatic ring is 1. The smallest absolute Gasteiger partial charge is 0.251 e. The summed E-state index contributed by atoms with van der Waals surface area (Å²) in [5, 5.41) is 2.70. The molecule has 0 heterocycles. The molecule has 110 valence electrons. The Balaban J connectivity index is 2.04. The van der Waals surface area contributed by atoms with Crippen molar-refractivity contribution in [1.82, 2.24) is 5.32 Å². The number of benzene rings is 2. The van der Waals surface area contributed by atoms with Gasteiger partial charge in [-0.15, -0.1) is 0 Å². The molecule has 2 aromatic rings. The van der Waals surface area contributed by atoms with E-state index in [1.165, 1.54) is 12.1 Å². The zero-order valence-corrected chi connectivity index (χ0v) is 11.7. The third kappa shape index (κ3) is 3.95. The van der Waals surface area contributed by atoms with Gasteiger partial charge in [0.05, 0.1) is 5.69 Å². The van der Waals surface area contributed by atoms with Gasteiger partial charge in [0.25, 0.3) is 5.91 Å². The molecule has 0 aliphatic rings. The molecule has 0 unspecified atom stereocenters. The van der Waals surface area contributed by atoms with Crippen LogP contribution in [0.1, 0.15) is 22.8 Å². The highest BCUT2D eigenvalue weighted by Gasteiger charge is 2.08. The summed E-state index contributed by atoms with van der Waals surface area (Å²) < 4.78 is 18.4. The van der Waals surface area contributed by atoms with Gasteiger partial charge in [-0.2, -0.15) is 0 Å². The van der Waals surface area contributed by atoms with Crippen molar-refractivity contribution in [2.24, 2.45) is 0 Å². The molecule has 2 aromatic carbocycles. The Morgan fingerprint density at radius 1 is 1.24 bits per heavy atom. The summed E-state index contributed by atoms with van der Waals surface area (Å²) in [6.07, 6.45) is 0. The summed E-state index contributed by atoms with van der Waals surface area (Å²) in [5.74, 6) is 0.0335. The van der Waals surface area contributed by atoms with Crippen molar-refractivity contribution in [1.29, 1.82) is 0 Å². The predicted octanol–water partition coefficient (Wildman–Crippen LogP) is 2.74. The van der Waals surface area contributed by atoms with Gasteiger partial charge < -0.3 is 15.8 Å². The molecular formula is C16H17FN2O2. The van der Waals surface area contributed by atoms with Gasteiger partial charge >= 0.3 is 0 Å². The van der Waals surface area contributed by atoms with Gasteiger partial charge in [0, 0.05) is 12.1 Å². The maximum Gasteiger partial charge on any atom is 0.251 e. The Kier molecular flexibility index (Phi) is 4.77. The summed E-state index contributed by atoms with van der Waals surface area (Å²) >= 11 is 0. The highest BCUT2D eigenvalue weighted by molar-refractivity contribution is 5.95. The molecule has 5 heteroatoms. The average molecular weight is 288 g/mol. The average Bonchev–Trinajstić information content (AvgIpc) is 2.48. The number of ether oxygens (including phenoxy) is 1. The first-order valence-electron chi connectivity index (χ1n) is 6.65. The number of hydrogen-bond acceptors (Lipinski definition) is 3. The lowest BCUT2D eigenvalue weighted by molar-refractivity contribution is 0.0956. The Bertz CT molecular complexity index is 627. The molecule has 0 aliphatic heterocycles. The molecule has 0 aliphatic carbocycles. The molecule has 1 amide bonds. The van der Waals surface area contributed by atoms with Gasteiger partial charge in [-0.3, -0.25) is 4.79 Å². The minimum absolute atomic E-state index is 0.172. The van der Waals surface area contributed by atoms with Gasteiger partial charge in [-0.05, 0) is 42.8 Å². The predicted molar refractivity (Wildman–Crippen MR) is 79.6 cm³/mol. The number of hydrogen-bond donors (Lipinski definition) is 2. The van der Waals surface area contributed by atoms with Gasteiger partial charge in [0.2, 0.25) is 0 Å². The summed E-state index contributed by atoms with van der Waals surface area (Å²) in [7, 11) is 0. The van der Waals surface area contributed by atoms with E-state index in [0.717, 1.165) is 5.56 Å². The lowest BCUT2D eigenvalue weighted by atomic mass is 10.1. The standard InChI is InChI=1S/C16H17FN2O2/c1-2-19-16(20)12-5-8-15(14(18)9-12)21-10-11-3-6-13(17)7-4-11/h3-9H,2,10,18H2,1H3,(H,19,20). The van der Waals surface area contributed by atoms with Crippen molar-refractivity contribution in [2.45, 2.75) is 13.5 Å². The molecule has 3 N–H and O–H groups in total. The molecular weight excluding hydrogens is 271 g/mol. The minimum Gasteiger partial charge on any atom is -0.487 e. The number of carbonyl (C=O) groups excluding carboxylic acids is 1. The monoisotopic (exact) mass is 288 g/mol. The fourth-order valence-electron chi connectivity index (χ4n) is 1.83. The van der Waals surface area contributed by atoms with Crippen LogP contribution in [0.15, 0.2) is 42.5 Å². The second-order valence-electron chi connectivity index (χ2n) is 4.53. The van der Waals surface area contributed by atoms with Crippen molar-refractivity contribution >= 4 is 11.6 Å². The summed E-state index contributed by atoms with van der Waals surface area (Å²) in [6, 6.07) is 10.9. The van der Waals surface area contributed by atoms with Crippen LogP contribution in [0, 0.1) is 5.82 Å². The summed E-state index contributed by atoms with van der Waals surface area (Å²) in [6.45, 7) is 2.69. The SMILES string of the molecule is CCNC(=O)c1ccc(OCc2ccc(F)cc2)c(N)c1. The van der Waals surface area contributed by atoms with Gasteiger partial charge in [-0.1, -0.05) is 12.1 Å². The number of carbonyl (C=O) groups is 1. The van der Waals surface area contributed by atoms with Crippen molar-refractivity contribution in [3.8, 4) is 5.75 Å². The van der Waals surface area contributed by atoms with Crippen molar-refractivity contribution < 1.29 is 13.9 Å². The molecule has 21 heavy (non-hydrogen) atoms. The third-order valence-electron chi connectivity index (χ3n) is 2.92. The van der Waals surface area contributed by atoms with Crippen LogP contribution in [0.2, 0.25) is 0 Å². The highest BCUT2D eigenvalue weighted by atomic mass is 19.1. The molecule has 0 fully saturated rings. The van der Waals surface area contributed by atoms with E-state index in [1.54, 1.807) is 30.3 Å². The minimum atomic E-state index is -0.287. The van der Waals surface area contributed by atoms with Crippen molar-refractivity contribution in [3.05, 3.63) is 59.4 Å². The Morgan fingerprint density at radius 3 is 2.57 bits per heavy atom. The first-order valence-corrected chi connectivity index (χ1v) is 6.65. The van der Waals surface area contributed by atoms with Gasteiger partial charge in [0.1, 0.15) is 18.2 Å². The van der Waals surface area contributed by atoms with E-state index in [2.05, 4.69) is 5.32 Å².